The smallest absolute Gasteiger partial charge is 0.229 e. The number of aromatic nitrogens is 1. The molecule has 0 spiro atoms. The number of benzene rings is 1. The Balaban J connectivity index is 2.61. The van der Waals surface area contributed by atoms with Crippen molar-refractivity contribution in [2.45, 2.75) is 0 Å². The lowest BCUT2D eigenvalue weighted by Crippen LogP contribution is -1.92. The molecule has 0 aliphatic heterocycles. The van der Waals surface area contributed by atoms with E-state index in [4.69, 9.17) is 15.0 Å². The van der Waals surface area contributed by atoms with Gasteiger partial charge in [-0.3, -0.25) is 4.79 Å². The average Bonchev–Trinajstić information content (AvgIpc) is 2.74. The van der Waals surface area contributed by atoms with Crippen LogP contribution in [0.25, 0.3) is 11.1 Å². The number of aldehydes is 1. The van der Waals surface area contributed by atoms with Gasteiger partial charge in [-0.25, -0.2) is 0 Å². The zero-order chi connectivity index (χ0) is 11.5. The highest BCUT2D eigenvalue weighted by atomic mass is 16.5. The lowest BCUT2D eigenvalue weighted by molar-refractivity contribution is 0.112. The molecule has 0 aliphatic carbocycles. The molecule has 5 nitrogen and oxygen atoms in total. The second-order valence-corrected chi connectivity index (χ2v) is 3.17. The van der Waals surface area contributed by atoms with Crippen molar-refractivity contribution in [3.8, 4) is 16.9 Å². The van der Waals surface area contributed by atoms with Gasteiger partial charge in [0.15, 0.2) is 6.29 Å². The van der Waals surface area contributed by atoms with Crippen LogP contribution in [-0.2, 0) is 0 Å². The Kier molecular flexibility index (Phi) is 2.59. The average molecular weight is 218 g/mol. The maximum absolute atomic E-state index is 10.9. The number of rotatable bonds is 3. The summed E-state index contributed by atoms with van der Waals surface area (Å²) < 4.78 is 9.85. The normalized spacial score (nSPS) is 10.1. The first kappa shape index (κ1) is 10.2. The van der Waals surface area contributed by atoms with E-state index in [1.54, 1.807) is 25.3 Å². The van der Waals surface area contributed by atoms with Crippen LogP contribution in [0, 0.1) is 0 Å². The molecule has 0 amide bonds. The second-order valence-electron chi connectivity index (χ2n) is 3.17. The standard InChI is InChI=1S/C11H10N2O3/c1-15-8-3-2-7(6-14)9(4-8)10-5-13-16-11(10)12/h2-6H,12H2,1H3. The van der Waals surface area contributed by atoms with E-state index < -0.39 is 0 Å². The van der Waals surface area contributed by atoms with Crippen LogP contribution < -0.4 is 10.5 Å². The molecule has 0 unspecified atom stereocenters. The predicted molar refractivity (Wildman–Crippen MR) is 58.3 cm³/mol. The number of carbonyl (C=O) groups excluding carboxylic acids is 1. The number of hydrogen-bond donors (Lipinski definition) is 1. The highest BCUT2D eigenvalue weighted by Gasteiger charge is 2.12. The first-order valence-electron chi connectivity index (χ1n) is 4.60. The summed E-state index contributed by atoms with van der Waals surface area (Å²) in [5.74, 6) is 0.817. The van der Waals surface area contributed by atoms with Crippen LogP contribution in [-0.4, -0.2) is 18.6 Å². The number of nitrogens with two attached hydrogens (primary N) is 1. The number of methoxy groups -OCH3 is 1. The van der Waals surface area contributed by atoms with E-state index in [2.05, 4.69) is 5.16 Å². The first-order chi connectivity index (χ1) is 7.76. The lowest BCUT2D eigenvalue weighted by Gasteiger charge is -2.05. The first-order valence-corrected chi connectivity index (χ1v) is 4.60. The van der Waals surface area contributed by atoms with Crippen LogP contribution >= 0.6 is 0 Å². The van der Waals surface area contributed by atoms with Crippen molar-refractivity contribution in [3.05, 3.63) is 30.0 Å². The van der Waals surface area contributed by atoms with Gasteiger partial charge >= 0.3 is 0 Å². The number of carbonyl (C=O) groups is 1. The van der Waals surface area contributed by atoms with Crippen molar-refractivity contribution in [3.63, 3.8) is 0 Å². The molecular formula is C11H10N2O3. The third-order valence-electron chi connectivity index (χ3n) is 2.28. The van der Waals surface area contributed by atoms with E-state index >= 15 is 0 Å². The number of nitrogens with zero attached hydrogens (tertiary/aromatic N) is 1. The molecular weight excluding hydrogens is 208 g/mol. The Morgan fingerprint density at radius 2 is 2.25 bits per heavy atom. The Hall–Kier alpha value is -2.30. The van der Waals surface area contributed by atoms with E-state index in [-0.39, 0.29) is 5.88 Å². The van der Waals surface area contributed by atoms with Crippen LogP contribution in [0.4, 0.5) is 5.88 Å². The van der Waals surface area contributed by atoms with E-state index in [1.807, 2.05) is 0 Å². The molecule has 2 N–H and O–H groups in total. The molecule has 0 saturated heterocycles. The van der Waals surface area contributed by atoms with Crippen LogP contribution in [0.5, 0.6) is 5.75 Å². The van der Waals surface area contributed by atoms with Gasteiger partial charge in [-0.05, 0) is 18.2 Å². The van der Waals surface area contributed by atoms with Crippen molar-refractivity contribution in [2.75, 3.05) is 12.8 Å². The fraction of sp³-hybridized carbons (Fsp3) is 0.0909. The monoisotopic (exact) mass is 218 g/mol. The summed E-state index contributed by atoms with van der Waals surface area (Å²) in [4.78, 5) is 10.9. The third kappa shape index (κ3) is 1.63. The fourth-order valence-corrected chi connectivity index (χ4v) is 1.45. The zero-order valence-electron chi connectivity index (χ0n) is 8.64. The van der Waals surface area contributed by atoms with Gasteiger partial charge < -0.3 is 15.0 Å². The molecule has 0 saturated carbocycles. The van der Waals surface area contributed by atoms with E-state index in [1.165, 1.54) is 6.20 Å². The third-order valence-corrected chi connectivity index (χ3v) is 2.28. The van der Waals surface area contributed by atoms with Gasteiger partial charge in [0, 0.05) is 11.1 Å². The van der Waals surface area contributed by atoms with Crippen molar-refractivity contribution in [1.29, 1.82) is 0 Å². The molecule has 0 bridgehead atoms. The largest absolute Gasteiger partial charge is 0.497 e. The molecule has 82 valence electrons. The fourth-order valence-electron chi connectivity index (χ4n) is 1.45. The van der Waals surface area contributed by atoms with E-state index in [9.17, 15) is 4.79 Å². The molecule has 0 fully saturated rings. The maximum atomic E-state index is 10.9. The van der Waals surface area contributed by atoms with Crippen LogP contribution in [0.2, 0.25) is 0 Å². The zero-order valence-corrected chi connectivity index (χ0v) is 8.64. The van der Waals surface area contributed by atoms with Gasteiger partial charge in [0.05, 0.1) is 18.9 Å². The van der Waals surface area contributed by atoms with Crippen molar-refractivity contribution < 1.29 is 14.1 Å². The SMILES string of the molecule is COc1ccc(C=O)c(-c2cnoc2N)c1. The summed E-state index contributed by atoms with van der Waals surface area (Å²) in [5.41, 5.74) is 7.34. The molecule has 16 heavy (non-hydrogen) atoms. The minimum Gasteiger partial charge on any atom is -0.497 e. The van der Waals surface area contributed by atoms with Crippen LogP contribution in [0.1, 0.15) is 10.4 Å². The van der Waals surface area contributed by atoms with E-state index in [0.717, 1.165) is 6.29 Å². The van der Waals surface area contributed by atoms with Gasteiger partial charge in [-0.1, -0.05) is 5.16 Å². The number of ether oxygens (including phenoxy) is 1. The quantitative estimate of drug-likeness (QED) is 0.794. The lowest BCUT2D eigenvalue weighted by atomic mass is 10.0. The van der Waals surface area contributed by atoms with Gasteiger partial charge in [-0.2, -0.15) is 0 Å². The van der Waals surface area contributed by atoms with Crippen molar-refractivity contribution >= 4 is 12.2 Å². The summed E-state index contributed by atoms with van der Waals surface area (Å²) >= 11 is 0. The predicted octanol–water partition coefficient (Wildman–Crippen LogP) is 1.74. The number of hydrogen-bond acceptors (Lipinski definition) is 5. The molecule has 0 radical (unpaired) electrons. The molecule has 0 aliphatic rings. The molecule has 0 atom stereocenters. The Bertz CT molecular complexity index is 520. The summed E-state index contributed by atoms with van der Waals surface area (Å²) in [6.07, 6.45) is 2.22. The molecule has 5 heteroatoms. The Labute approximate surface area is 91.8 Å². The molecule has 1 heterocycles. The number of nitrogen functional groups attached to an aromatic ring is 1. The van der Waals surface area contributed by atoms with Crippen LogP contribution in [0.15, 0.2) is 28.9 Å². The van der Waals surface area contributed by atoms with Gasteiger partial charge in [0.25, 0.3) is 0 Å². The molecule has 2 aromatic rings. The summed E-state index contributed by atoms with van der Waals surface area (Å²) in [6.45, 7) is 0. The minimum absolute atomic E-state index is 0.177. The van der Waals surface area contributed by atoms with Crippen molar-refractivity contribution in [1.82, 2.24) is 5.16 Å². The Morgan fingerprint density at radius 3 is 2.81 bits per heavy atom. The minimum atomic E-state index is 0.177. The summed E-state index contributed by atoms with van der Waals surface area (Å²) in [6, 6.07) is 5.08. The summed E-state index contributed by atoms with van der Waals surface area (Å²) in [7, 11) is 1.55. The van der Waals surface area contributed by atoms with Crippen LogP contribution in [0.3, 0.4) is 0 Å². The summed E-state index contributed by atoms with van der Waals surface area (Å²) in [5, 5.41) is 3.57. The topological polar surface area (TPSA) is 78.3 Å². The van der Waals surface area contributed by atoms with Gasteiger partial charge in [-0.15, -0.1) is 0 Å². The number of anilines is 1. The highest BCUT2D eigenvalue weighted by Crippen LogP contribution is 2.30. The van der Waals surface area contributed by atoms with E-state index in [0.29, 0.717) is 22.4 Å². The van der Waals surface area contributed by atoms with Gasteiger partial charge in [0.1, 0.15) is 5.75 Å². The molecule has 2 rings (SSSR count). The highest BCUT2D eigenvalue weighted by molar-refractivity contribution is 5.90. The van der Waals surface area contributed by atoms with Gasteiger partial charge in [0.2, 0.25) is 5.88 Å². The Morgan fingerprint density at radius 1 is 1.44 bits per heavy atom. The maximum Gasteiger partial charge on any atom is 0.229 e. The molecule has 1 aromatic carbocycles. The molecule has 1 aromatic heterocycles. The van der Waals surface area contributed by atoms with Crippen molar-refractivity contribution in [2.24, 2.45) is 0 Å². The second kappa shape index (κ2) is 4.06.